The Morgan fingerprint density at radius 3 is 2.53 bits per heavy atom. The Morgan fingerprint density at radius 2 is 1.81 bits per heavy atom. The lowest BCUT2D eigenvalue weighted by Crippen LogP contribution is -2.55. The Kier molecular flexibility index (Phi) is 8.82. The number of ketones is 1. The molecule has 0 unspecified atom stereocenters. The maximum absolute atomic E-state index is 14.7. The van der Waals surface area contributed by atoms with Crippen LogP contribution < -0.4 is 15.4 Å². The lowest BCUT2D eigenvalue weighted by atomic mass is 9.79. The maximum atomic E-state index is 14.7. The number of rotatable bonds is 9. The van der Waals surface area contributed by atoms with Crippen molar-refractivity contribution in [2.75, 3.05) is 26.0 Å². The van der Waals surface area contributed by atoms with E-state index in [9.17, 15) is 24.0 Å². The fourth-order valence-electron chi connectivity index (χ4n) is 7.57. The lowest BCUT2D eigenvalue weighted by molar-refractivity contribution is -0.146. The van der Waals surface area contributed by atoms with Crippen molar-refractivity contribution in [3.63, 3.8) is 0 Å². The van der Waals surface area contributed by atoms with Crippen LogP contribution in [0.3, 0.4) is 0 Å². The molecule has 248 valence electrons. The smallest absolute Gasteiger partial charge is 0.289 e. The molecule has 1 saturated carbocycles. The first-order valence-electron chi connectivity index (χ1n) is 16.5. The minimum Gasteiger partial charge on any atom is -0.496 e. The molecule has 2 fully saturated rings. The number of hydrogen-bond donors (Lipinski definition) is 3. The number of fused-ring (bicyclic) bond motifs is 3. The highest BCUT2D eigenvalue weighted by Crippen LogP contribution is 2.47. The Balaban J connectivity index is 1.34. The summed E-state index contributed by atoms with van der Waals surface area (Å²) < 4.78 is 5.46. The molecular weight excluding hydrogens is 598 g/mol. The second-order valence-corrected chi connectivity index (χ2v) is 13.6. The van der Waals surface area contributed by atoms with Gasteiger partial charge in [-0.25, -0.2) is 0 Å². The summed E-state index contributed by atoms with van der Waals surface area (Å²) in [6.07, 6.45) is 4.95. The standard InChI is InChI=1S/C36H43N5O6/c1-21(2)17-28(40(3)33(44)27-18-23-25(38-27)15-10-16-30(23)47-4)34(45)41-20-36(24-13-8-9-14-26(24)39-35(36)46)19-29(41)31(42)32(43)37-22-11-6-5-7-12-22/h8-10,13-16,18,21-22,28-29,38H,5-7,11-12,17,19-20H2,1-4H3,(H,37,43)(H,39,46)/t28-,29-,36-/m0/s1. The van der Waals surface area contributed by atoms with E-state index in [1.165, 1.54) is 9.80 Å². The third-order valence-corrected chi connectivity index (χ3v) is 10.1. The second-order valence-electron chi connectivity index (χ2n) is 13.6. The van der Waals surface area contributed by atoms with E-state index < -0.39 is 41.0 Å². The molecule has 11 nitrogen and oxygen atoms in total. The lowest BCUT2D eigenvalue weighted by Gasteiger charge is -2.34. The van der Waals surface area contributed by atoms with E-state index in [4.69, 9.17) is 4.74 Å². The van der Waals surface area contributed by atoms with Crippen LogP contribution in [0.2, 0.25) is 0 Å². The number of nitrogens with one attached hydrogen (secondary N) is 3. The zero-order valence-electron chi connectivity index (χ0n) is 27.4. The van der Waals surface area contributed by atoms with Crippen LogP contribution in [-0.4, -0.2) is 83.0 Å². The van der Waals surface area contributed by atoms with Gasteiger partial charge in [-0.3, -0.25) is 24.0 Å². The fraction of sp³-hybridized carbons (Fsp3) is 0.472. The number of methoxy groups -OCH3 is 1. The van der Waals surface area contributed by atoms with Crippen molar-refractivity contribution in [1.82, 2.24) is 20.1 Å². The summed E-state index contributed by atoms with van der Waals surface area (Å²) in [6.45, 7) is 3.83. The van der Waals surface area contributed by atoms with Crippen LogP contribution in [-0.2, 0) is 24.6 Å². The molecule has 3 atom stereocenters. The van der Waals surface area contributed by atoms with Crippen molar-refractivity contribution < 1.29 is 28.7 Å². The van der Waals surface area contributed by atoms with Crippen molar-refractivity contribution in [1.29, 1.82) is 0 Å². The zero-order chi connectivity index (χ0) is 33.5. The summed E-state index contributed by atoms with van der Waals surface area (Å²) in [4.78, 5) is 75.7. The number of aromatic nitrogens is 1. The number of Topliss-reactive ketones (excluding diaryl/α,β-unsaturated/α-hetero) is 1. The number of amides is 4. The Hall–Kier alpha value is -4.67. The highest BCUT2D eigenvalue weighted by molar-refractivity contribution is 6.38. The number of hydrogen-bond acceptors (Lipinski definition) is 6. The second kappa shape index (κ2) is 12.8. The van der Waals surface area contributed by atoms with Gasteiger partial charge in [0.2, 0.25) is 17.6 Å². The summed E-state index contributed by atoms with van der Waals surface area (Å²) in [7, 11) is 3.14. The molecule has 1 aliphatic carbocycles. The van der Waals surface area contributed by atoms with Crippen molar-refractivity contribution in [3.8, 4) is 5.75 Å². The van der Waals surface area contributed by atoms with Gasteiger partial charge in [0.1, 0.15) is 23.5 Å². The molecule has 4 amide bonds. The van der Waals surface area contributed by atoms with Crippen molar-refractivity contribution in [2.24, 2.45) is 5.92 Å². The van der Waals surface area contributed by atoms with Gasteiger partial charge < -0.3 is 30.2 Å². The summed E-state index contributed by atoms with van der Waals surface area (Å²) in [6, 6.07) is 12.2. The minimum absolute atomic E-state index is 0.0119. The van der Waals surface area contributed by atoms with Gasteiger partial charge in [-0.1, -0.05) is 57.4 Å². The Bertz CT molecular complexity index is 1730. The third-order valence-electron chi connectivity index (χ3n) is 10.1. The molecule has 3 N–H and O–H groups in total. The van der Waals surface area contributed by atoms with Crippen molar-refractivity contribution in [2.45, 2.75) is 82.3 Å². The number of benzene rings is 2. The van der Waals surface area contributed by atoms with Crippen LogP contribution in [0, 0.1) is 5.92 Å². The van der Waals surface area contributed by atoms with Crippen molar-refractivity contribution in [3.05, 3.63) is 59.8 Å². The third kappa shape index (κ3) is 5.87. The predicted octanol–water partition coefficient (Wildman–Crippen LogP) is 4.17. The van der Waals surface area contributed by atoms with E-state index in [0.717, 1.165) is 43.0 Å². The molecule has 11 heteroatoms. The number of anilines is 1. The number of carbonyl (C=O) groups excluding carboxylic acids is 5. The van der Waals surface area contributed by atoms with E-state index in [2.05, 4.69) is 15.6 Å². The number of carbonyl (C=O) groups is 5. The SMILES string of the molecule is COc1cccc2[nH]c(C(=O)N(C)[C@@H](CC(C)C)C(=O)N3C[C@]4(C[C@H]3C(=O)C(=O)NC3CCCCC3)C(=O)Nc3ccccc34)cc12. The van der Waals surface area contributed by atoms with Gasteiger partial charge in [0.15, 0.2) is 0 Å². The van der Waals surface area contributed by atoms with Gasteiger partial charge in [-0.15, -0.1) is 0 Å². The molecule has 2 aliphatic heterocycles. The van der Waals surface area contributed by atoms with Crippen LogP contribution in [0.15, 0.2) is 48.5 Å². The largest absolute Gasteiger partial charge is 0.496 e. The molecule has 1 saturated heterocycles. The molecule has 3 aromatic rings. The number of para-hydroxylation sites is 1. The number of likely N-dealkylation sites (tertiary alicyclic amines) is 1. The number of nitrogens with zero attached hydrogens (tertiary/aromatic N) is 2. The molecule has 3 heterocycles. The normalized spacial score (nSPS) is 21.5. The summed E-state index contributed by atoms with van der Waals surface area (Å²) in [5.41, 5.74) is 1.13. The Morgan fingerprint density at radius 1 is 1.06 bits per heavy atom. The quantitative estimate of drug-likeness (QED) is 0.300. The summed E-state index contributed by atoms with van der Waals surface area (Å²) in [5, 5.41) is 6.56. The van der Waals surface area contributed by atoms with Crippen LogP contribution in [0.4, 0.5) is 5.69 Å². The maximum Gasteiger partial charge on any atom is 0.289 e. The van der Waals surface area contributed by atoms with E-state index in [-0.39, 0.29) is 36.5 Å². The minimum atomic E-state index is -1.20. The monoisotopic (exact) mass is 641 g/mol. The van der Waals surface area contributed by atoms with E-state index in [0.29, 0.717) is 23.4 Å². The first kappa shape index (κ1) is 32.3. The van der Waals surface area contributed by atoms with Crippen LogP contribution in [0.1, 0.15) is 74.8 Å². The number of H-pyrrole nitrogens is 1. The molecule has 1 aromatic heterocycles. The molecule has 2 aromatic carbocycles. The van der Waals surface area contributed by atoms with Gasteiger partial charge in [0.25, 0.3) is 11.8 Å². The average molecular weight is 642 g/mol. The number of ether oxygens (including phenoxy) is 1. The average Bonchev–Trinajstić information content (AvgIpc) is 3.77. The molecule has 3 aliphatic rings. The zero-order valence-corrected chi connectivity index (χ0v) is 27.4. The van der Waals surface area contributed by atoms with E-state index in [1.54, 1.807) is 32.4 Å². The fourth-order valence-corrected chi connectivity index (χ4v) is 7.57. The molecule has 47 heavy (non-hydrogen) atoms. The summed E-state index contributed by atoms with van der Waals surface area (Å²) in [5.74, 6) is -2.03. The first-order valence-corrected chi connectivity index (χ1v) is 16.5. The first-order chi connectivity index (χ1) is 22.5. The molecule has 1 spiro atoms. The topological polar surface area (TPSA) is 141 Å². The molecule has 0 radical (unpaired) electrons. The summed E-state index contributed by atoms with van der Waals surface area (Å²) >= 11 is 0. The van der Waals surface area contributed by atoms with Gasteiger partial charge in [-0.05, 0) is 61.4 Å². The Labute approximate surface area is 274 Å². The van der Waals surface area contributed by atoms with Gasteiger partial charge in [0, 0.05) is 36.2 Å². The van der Waals surface area contributed by atoms with E-state index >= 15 is 0 Å². The van der Waals surface area contributed by atoms with Crippen LogP contribution in [0.5, 0.6) is 5.75 Å². The van der Waals surface area contributed by atoms with Gasteiger partial charge in [0.05, 0.1) is 12.5 Å². The van der Waals surface area contributed by atoms with Gasteiger partial charge >= 0.3 is 0 Å². The van der Waals surface area contributed by atoms with E-state index in [1.807, 2.05) is 44.2 Å². The highest BCUT2D eigenvalue weighted by Gasteiger charge is 2.58. The highest BCUT2D eigenvalue weighted by atomic mass is 16.5. The van der Waals surface area contributed by atoms with Crippen LogP contribution in [0.25, 0.3) is 10.9 Å². The van der Waals surface area contributed by atoms with Gasteiger partial charge in [-0.2, -0.15) is 0 Å². The van der Waals surface area contributed by atoms with Crippen LogP contribution >= 0.6 is 0 Å². The number of likely N-dealkylation sites (N-methyl/N-ethyl adjacent to an activating group) is 1. The molecule has 6 rings (SSSR count). The predicted molar refractivity (Wildman–Crippen MR) is 177 cm³/mol. The molecular formula is C36H43N5O6. The van der Waals surface area contributed by atoms with Crippen molar-refractivity contribution >= 4 is 46.0 Å². The number of aromatic amines is 1. The molecule has 0 bridgehead atoms.